The minimum atomic E-state index is -0.672. The maximum atomic E-state index is 13.5. The summed E-state index contributed by atoms with van der Waals surface area (Å²) in [5, 5.41) is 7.94. The summed E-state index contributed by atoms with van der Waals surface area (Å²) in [6.45, 7) is 8.32. The molecule has 2 heterocycles. The molecule has 1 fully saturated rings. The third kappa shape index (κ3) is 5.30. The molecule has 3 atom stereocenters. The predicted octanol–water partition coefficient (Wildman–Crippen LogP) is 5.97. The number of para-hydroxylation sites is 2. The Hall–Kier alpha value is -2.66. The van der Waals surface area contributed by atoms with E-state index in [1.54, 1.807) is 6.92 Å². The van der Waals surface area contributed by atoms with Crippen molar-refractivity contribution >= 4 is 17.3 Å². The summed E-state index contributed by atoms with van der Waals surface area (Å²) >= 11 is 0. The first-order valence-corrected chi connectivity index (χ1v) is 12.4. The molecule has 0 aliphatic carbocycles. The Bertz CT molecular complexity index is 979. The zero-order valence-electron chi connectivity index (χ0n) is 20.2. The van der Waals surface area contributed by atoms with E-state index >= 15 is 0 Å². The smallest absolute Gasteiger partial charge is 0.272 e. The molecule has 176 valence electrons. The number of nitrogens with zero attached hydrogens (tertiary/aromatic N) is 2. The van der Waals surface area contributed by atoms with Crippen LogP contribution < -0.4 is 9.64 Å². The first kappa shape index (κ1) is 23.5. The van der Waals surface area contributed by atoms with E-state index in [0.29, 0.717) is 24.3 Å². The molecule has 5 nitrogen and oxygen atoms in total. The topological polar surface area (TPSA) is 56.6 Å². The SMILES string of the molecule is CC(=N)c1cccc(C2Oc3ccccc3N(CCCCCN3[C@H](C)CCC[C@@H]3C)C2=O)c1. The van der Waals surface area contributed by atoms with Crippen molar-refractivity contribution in [1.29, 1.82) is 5.41 Å². The number of hydrogen-bond acceptors (Lipinski definition) is 4. The van der Waals surface area contributed by atoms with Crippen LogP contribution in [0.25, 0.3) is 0 Å². The number of carbonyl (C=O) groups is 1. The van der Waals surface area contributed by atoms with Gasteiger partial charge in [-0.05, 0) is 76.8 Å². The van der Waals surface area contributed by atoms with Crippen molar-refractivity contribution in [2.24, 2.45) is 0 Å². The van der Waals surface area contributed by atoms with Crippen molar-refractivity contribution in [3.8, 4) is 5.75 Å². The first-order chi connectivity index (χ1) is 16.0. The molecule has 0 spiro atoms. The number of fused-ring (bicyclic) bond motifs is 1. The van der Waals surface area contributed by atoms with Gasteiger partial charge in [0.05, 0.1) is 5.69 Å². The van der Waals surface area contributed by atoms with Gasteiger partial charge in [0, 0.05) is 29.9 Å². The quantitative estimate of drug-likeness (QED) is 0.400. The highest BCUT2D eigenvalue weighted by molar-refractivity contribution is 6.01. The third-order valence-electron chi connectivity index (χ3n) is 7.19. The van der Waals surface area contributed by atoms with E-state index in [1.165, 1.54) is 25.7 Å². The largest absolute Gasteiger partial charge is 0.474 e. The summed E-state index contributed by atoms with van der Waals surface area (Å²) in [7, 11) is 0. The summed E-state index contributed by atoms with van der Waals surface area (Å²) in [6.07, 6.45) is 6.54. The number of piperidine rings is 1. The van der Waals surface area contributed by atoms with Crippen molar-refractivity contribution in [3.63, 3.8) is 0 Å². The van der Waals surface area contributed by atoms with E-state index in [0.717, 1.165) is 42.0 Å². The van der Waals surface area contributed by atoms with Crippen molar-refractivity contribution in [3.05, 3.63) is 59.7 Å². The van der Waals surface area contributed by atoms with Gasteiger partial charge in [-0.2, -0.15) is 0 Å². The lowest BCUT2D eigenvalue weighted by Gasteiger charge is -2.39. The zero-order chi connectivity index (χ0) is 23.4. The Morgan fingerprint density at radius 1 is 1.00 bits per heavy atom. The fourth-order valence-corrected chi connectivity index (χ4v) is 5.25. The Balaban J connectivity index is 1.42. The molecule has 2 aromatic rings. The molecule has 2 aromatic carbocycles. The van der Waals surface area contributed by atoms with E-state index < -0.39 is 6.10 Å². The number of benzene rings is 2. The molecular weight excluding hydrogens is 410 g/mol. The molecule has 0 radical (unpaired) electrons. The summed E-state index contributed by atoms with van der Waals surface area (Å²) in [4.78, 5) is 18.1. The molecule has 1 amide bonds. The number of nitrogens with one attached hydrogen (secondary N) is 1. The van der Waals surface area contributed by atoms with Gasteiger partial charge in [0.1, 0.15) is 5.75 Å². The van der Waals surface area contributed by atoms with E-state index in [9.17, 15) is 4.79 Å². The lowest BCUT2D eigenvalue weighted by molar-refractivity contribution is -0.126. The lowest BCUT2D eigenvalue weighted by atomic mass is 9.97. The lowest BCUT2D eigenvalue weighted by Crippen LogP contribution is -2.44. The fourth-order valence-electron chi connectivity index (χ4n) is 5.25. The molecule has 1 saturated heterocycles. The Kier molecular flexibility index (Phi) is 7.49. The molecular formula is C28H37N3O2. The maximum Gasteiger partial charge on any atom is 0.272 e. The van der Waals surface area contributed by atoms with Crippen LogP contribution in [0.2, 0.25) is 0 Å². The van der Waals surface area contributed by atoms with Gasteiger partial charge in [-0.3, -0.25) is 9.69 Å². The second kappa shape index (κ2) is 10.5. The molecule has 0 bridgehead atoms. The number of amides is 1. The number of rotatable bonds is 8. The van der Waals surface area contributed by atoms with Crippen LogP contribution in [0.3, 0.4) is 0 Å². The molecule has 33 heavy (non-hydrogen) atoms. The Morgan fingerprint density at radius 3 is 2.48 bits per heavy atom. The summed E-state index contributed by atoms with van der Waals surface area (Å²) in [5.41, 5.74) is 2.96. The van der Waals surface area contributed by atoms with Crippen LogP contribution in [0.4, 0.5) is 5.69 Å². The average Bonchev–Trinajstić information content (AvgIpc) is 2.81. The van der Waals surface area contributed by atoms with Gasteiger partial charge in [0.2, 0.25) is 6.10 Å². The van der Waals surface area contributed by atoms with E-state index in [-0.39, 0.29) is 5.91 Å². The molecule has 5 heteroatoms. The number of hydrogen-bond donors (Lipinski definition) is 1. The van der Waals surface area contributed by atoms with Crippen LogP contribution in [0.15, 0.2) is 48.5 Å². The van der Waals surface area contributed by atoms with Crippen molar-refractivity contribution in [2.45, 2.75) is 77.5 Å². The summed E-state index contributed by atoms with van der Waals surface area (Å²) in [6, 6.07) is 16.8. The van der Waals surface area contributed by atoms with Crippen LogP contribution in [0.5, 0.6) is 5.75 Å². The number of unbranched alkanes of at least 4 members (excludes halogenated alkanes) is 2. The molecule has 2 aliphatic rings. The molecule has 4 rings (SSSR count). The number of carbonyl (C=O) groups excluding carboxylic acids is 1. The maximum absolute atomic E-state index is 13.5. The molecule has 0 saturated carbocycles. The molecule has 1 unspecified atom stereocenters. The number of anilines is 1. The van der Waals surface area contributed by atoms with Gasteiger partial charge in [-0.15, -0.1) is 0 Å². The third-order valence-corrected chi connectivity index (χ3v) is 7.19. The van der Waals surface area contributed by atoms with Gasteiger partial charge >= 0.3 is 0 Å². The molecule has 0 aromatic heterocycles. The van der Waals surface area contributed by atoms with Crippen LogP contribution in [-0.2, 0) is 4.79 Å². The highest BCUT2D eigenvalue weighted by Gasteiger charge is 2.35. The highest BCUT2D eigenvalue weighted by Crippen LogP contribution is 2.39. The van der Waals surface area contributed by atoms with E-state index in [1.807, 2.05) is 53.4 Å². The van der Waals surface area contributed by atoms with Crippen LogP contribution >= 0.6 is 0 Å². The highest BCUT2D eigenvalue weighted by atomic mass is 16.5. The van der Waals surface area contributed by atoms with Crippen LogP contribution in [0, 0.1) is 5.41 Å². The average molecular weight is 448 g/mol. The minimum absolute atomic E-state index is 0.0215. The molecule has 1 N–H and O–H groups in total. The van der Waals surface area contributed by atoms with Gasteiger partial charge in [0.15, 0.2) is 0 Å². The standard InChI is InChI=1S/C28H37N3O2/c1-20-11-9-12-21(2)30(20)17-7-4-8-18-31-25-15-5-6-16-26(25)33-27(28(31)32)24-14-10-13-23(19-24)22(3)29/h5-6,10,13-16,19-21,27,29H,4,7-9,11-12,17-18H2,1-3H3/t20-,21+,27?. The Morgan fingerprint density at radius 2 is 1.73 bits per heavy atom. The molecule has 2 aliphatic heterocycles. The Labute approximate surface area is 198 Å². The van der Waals surface area contributed by atoms with E-state index in [2.05, 4.69) is 18.7 Å². The van der Waals surface area contributed by atoms with Gasteiger partial charge in [-0.25, -0.2) is 0 Å². The van der Waals surface area contributed by atoms with Gasteiger partial charge in [0.25, 0.3) is 5.91 Å². The summed E-state index contributed by atoms with van der Waals surface area (Å²) in [5.74, 6) is 0.724. The normalized spacial score (nSPS) is 23.2. The van der Waals surface area contributed by atoms with E-state index in [4.69, 9.17) is 10.1 Å². The van der Waals surface area contributed by atoms with Gasteiger partial charge in [-0.1, -0.05) is 43.2 Å². The summed E-state index contributed by atoms with van der Waals surface area (Å²) < 4.78 is 6.16. The second-order valence-electron chi connectivity index (χ2n) is 9.63. The number of likely N-dealkylation sites (tertiary alicyclic amines) is 1. The second-order valence-corrected chi connectivity index (χ2v) is 9.63. The predicted molar refractivity (Wildman–Crippen MR) is 134 cm³/mol. The van der Waals surface area contributed by atoms with Crippen molar-refractivity contribution < 1.29 is 9.53 Å². The van der Waals surface area contributed by atoms with Gasteiger partial charge < -0.3 is 15.0 Å². The fraction of sp³-hybridized carbons (Fsp3) is 0.500. The first-order valence-electron chi connectivity index (χ1n) is 12.4. The minimum Gasteiger partial charge on any atom is -0.474 e. The zero-order valence-corrected chi connectivity index (χ0v) is 20.2. The van der Waals surface area contributed by atoms with Crippen LogP contribution in [-0.4, -0.2) is 41.7 Å². The van der Waals surface area contributed by atoms with Crippen LogP contribution in [0.1, 0.15) is 76.5 Å². The van der Waals surface area contributed by atoms with Crippen molar-refractivity contribution in [2.75, 3.05) is 18.0 Å². The van der Waals surface area contributed by atoms with Crippen molar-refractivity contribution in [1.82, 2.24) is 4.90 Å². The number of ether oxygens (including phenoxy) is 1. The monoisotopic (exact) mass is 447 g/mol.